The second-order valence-electron chi connectivity index (χ2n) is 12.8. The summed E-state index contributed by atoms with van der Waals surface area (Å²) in [6, 6.07) is 11.5. The quantitative estimate of drug-likeness (QED) is 0.366. The smallest absolute Gasteiger partial charge is 0.325 e. The largest absolute Gasteiger partial charge is 0.508 e. The summed E-state index contributed by atoms with van der Waals surface area (Å²) in [5.74, 6) is -2.57. The van der Waals surface area contributed by atoms with Crippen molar-refractivity contribution in [3.8, 4) is 5.75 Å². The molecule has 0 aromatic heterocycles. The third-order valence-corrected chi connectivity index (χ3v) is 8.82. The van der Waals surface area contributed by atoms with Crippen LogP contribution in [0.3, 0.4) is 0 Å². The molecule has 6 atom stereocenters. The van der Waals surface area contributed by atoms with Crippen molar-refractivity contribution in [3.63, 3.8) is 0 Å². The van der Waals surface area contributed by atoms with Crippen molar-refractivity contribution in [3.05, 3.63) is 71.3 Å². The van der Waals surface area contributed by atoms with E-state index in [0.29, 0.717) is 37.8 Å². The number of carbonyl (C=O) groups excluding carboxylic acids is 4. The number of fused-ring (bicyclic) bond motifs is 4. The zero-order valence-electron chi connectivity index (χ0n) is 27.9. The summed E-state index contributed by atoms with van der Waals surface area (Å²) in [7, 11) is 1.57. The molecule has 1 fully saturated rings. The lowest BCUT2D eigenvalue weighted by atomic mass is 9.96. The van der Waals surface area contributed by atoms with E-state index in [2.05, 4.69) is 16.1 Å². The number of cyclic esters (lactones) is 1. The van der Waals surface area contributed by atoms with E-state index in [0.717, 1.165) is 11.1 Å². The number of phenols is 1. The van der Waals surface area contributed by atoms with Gasteiger partial charge in [0.15, 0.2) is 0 Å². The van der Waals surface area contributed by atoms with Crippen molar-refractivity contribution in [1.29, 1.82) is 0 Å². The number of rotatable bonds is 4. The Morgan fingerprint density at radius 1 is 1.00 bits per heavy atom. The van der Waals surface area contributed by atoms with Crippen molar-refractivity contribution in [1.82, 2.24) is 21.1 Å². The molecule has 0 saturated carbocycles. The van der Waals surface area contributed by atoms with E-state index in [9.17, 15) is 24.3 Å². The van der Waals surface area contributed by atoms with Gasteiger partial charge in [0.05, 0.1) is 12.0 Å². The molecule has 2 aromatic carbocycles. The van der Waals surface area contributed by atoms with Crippen LogP contribution in [0.25, 0.3) is 6.08 Å². The Morgan fingerprint density at radius 3 is 2.49 bits per heavy atom. The third-order valence-electron chi connectivity index (χ3n) is 8.82. The molecule has 11 heteroatoms. The molecule has 1 saturated heterocycles. The Kier molecular flexibility index (Phi) is 12.6. The first-order valence-corrected chi connectivity index (χ1v) is 16.4. The first-order valence-electron chi connectivity index (χ1n) is 16.4. The van der Waals surface area contributed by atoms with Crippen LogP contribution in [0.5, 0.6) is 5.75 Å². The Morgan fingerprint density at radius 2 is 1.77 bits per heavy atom. The molecule has 47 heavy (non-hydrogen) atoms. The molecule has 11 nitrogen and oxygen atoms in total. The van der Waals surface area contributed by atoms with Gasteiger partial charge in [-0.3, -0.25) is 24.2 Å². The summed E-state index contributed by atoms with van der Waals surface area (Å²) < 4.78 is 11.5. The Balaban J connectivity index is 1.66. The molecule has 0 spiro atoms. The number of benzene rings is 2. The average molecular weight is 649 g/mol. The van der Waals surface area contributed by atoms with E-state index in [4.69, 9.17) is 9.47 Å². The van der Waals surface area contributed by atoms with Crippen molar-refractivity contribution < 1.29 is 33.8 Å². The Labute approximate surface area is 277 Å². The molecule has 0 radical (unpaired) electrons. The van der Waals surface area contributed by atoms with E-state index in [1.807, 2.05) is 57.2 Å². The zero-order chi connectivity index (χ0) is 34.1. The molecule has 6 unspecified atom stereocenters. The summed E-state index contributed by atoms with van der Waals surface area (Å²) in [5.41, 5.74) is 5.44. The normalized spacial score (nSPS) is 26.9. The van der Waals surface area contributed by atoms with Gasteiger partial charge in [-0.15, -0.1) is 0 Å². The fourth-order valence-electron chi connectivity index (χ4n) is 5.96. The first kappa shape index (κ1) is 35.6. The minimum absolute atomic E-state index is 0.0303. The highest BCUT2D eigenvalue weighted by molar-refractivity contribution is 5.93. The van der Waals surface area contributed by atoms with Crippen LogP contribution in [-0.4, -0.2) is 71.7 Å². The van der Waals surface area contributed by atoms with Gasteiger partial charge in [-0.1, -0.05) is 63.3 Å². The lowest BCUT2D eigenvalue weighted by Gasteiger charge is -2.36. The monoisotopic (exact) mass is 648 g/mol. The highest BCUT2D eigenvalue weighted by atomic mass is 16.5. The number of phenolic OH excluding ortho intramolecular Hbond substituents is 1. The topological polar surface area (TPSA) is 146 Å². The van der Waals surface area contributed by atoms with Crippen LogP contribution in [0.2, 0.25) is 0 Å². The molecular weight excluding hydrogens is 600 g/mol. The molecule has 4 bridgehead atoms. The minimum atomic E-state index is -1.06. The van der Waals surface area contributed by atoms with E-state index in [1.54, 1.807) is 26.2 Å². The van der Waals surface area contributed by atoms with Gasteiger partial charge in [0.25, 0.3) is 5.91 Å². The molecular formula is C36H48N4O7. The number of esters is 1. The molecule has 254 valence electrons. The van der Waals surface area contributed by atoms with Gasteiger partial charge in [0, 0.05) is 20.1 Å². The number of nitrogens with zero attached hydrogens (tertiary/aromatic N) is 1. The molecule has 2 aliphatic rings. The highest BCUT2D eigenvalue weighted by Crippen LogP contribution is 2.23. The van der Waals surface area contributed by atoms with Crippen LogP contribution in [0.15, 0.2) is 54.6 Å². The highest BCUT2D eigenvalue weighted by Gasteiger charge is 2.36. The van der Waals surface area contributed by atoms with Crippen molar-refractivity contribution in [2.45, 2.75) is 90.1 Å². The van der Waals surface area contributed by atoms with Gasteiger partial charge in [-0.05, 0) is 73.4 Å². The molecule has 0 aliphatic carbocycles. The summed E-state index contributed by atoms with van der Waals surface area (Å²) in [6.45, 7) is 7.55. The number of hydrazine groups is 1. The Hall–Kier alpha value is -4.22. The van der Waals surface area contributed by atoms with Gasteiger partial charge in [-0.2, -0.15) is 0 Å². The number of hydrogen-bond acceptors (Lipinski definition) is 8. The van der Waals surface area contributed by atoms with Crippen LogP contribution in [0.1, 0.15) is 76.2 Å². The molecule has 2 aromatic rings. The van der Waals surface area contributed by atoms with E-state index in [-0.39, 0.29) is 24.0 Å². The third kappa shape index (κ3) is 9.65. The van der Waals surface area contributed by atoms with Crippen LogP contribution in [-0.2, 0) is 35.1 Å². The van der Waals surface area contributed by atoms with Crippen molar-refractivity contribution >= 4 is 29.8 Å². The minimum Gasteiger partial charge on any atom is -0.508 e. The van der Waals surface area contributed by atoms with Crippen molar-refractivity contribution in [2.75, 3.05) is 13.7 Å². The molecule has 4 N–H and O–H groups in total. The number of aromatic hydroxyl groups is 1. The maximum absolute atomic E-state index is 14.0. The standard InChI is InChI=1S/C36H48N4O7/c1-22(2)32-34(43)37-30(21-26-13-9-15-28(41)20-26)35(44)40-18-10-16-29(39-40)36(45)47-24(4)27-14-8-12-25(19-27)11-6-7-17-31(46-5)23(3)33(42)38-32/h6,8-9,11-15,19-20,22-24,29-32,39,41H,7,10,16-18,21H2,1-5H3,(H,37,43)(H,38,42). The summed E-state index contributed by atoms with van der Waals surface area (Å²) in [5, 5.41) is 17.2. The lowest BCUT2D eigenvalue weighted by molar-refractivity contribution is -0.157. The maximum Gasteiger partial charge on any atom is 0.325 e. The fraction of sp³-hybridized carbons (Fsp3) is 0.500. The van der Waals surface area contributed by atoms with Gasteiger partial charge >= 0.3 is 5.97 Å². The molecule has 3 amide bonds. The van der Waals surface area contributed by atoms with Crippen LogP contribution in [0, 0.1) is 11.8 Å². The van der Waals surface area contributed by atoms with Crippen LogP contribution < -0.4 is 16.1 Å². The molecule has 2 aliphatic heterocycles. The zero-order valence-corrected chi connectivity index (χ0v) is 27.9. The maximum atomic E-state index is 14.0. The van der Waals surface area contributed by atoms with Gasteiger partial charge < -0.3 is 25.2 Å². The van der Waals surface area contributed by atoms with Gasteiger partial charge in [0.1, 0.15) is 30.0 Å². The molecule has 4 rings (SSSR count). The summed E-state index contributed by atoms with van der Waals surface area (Å²) >= 11 is 0. The van der Waals surface area contributed by atoms with Gasteiger partial charge in [-0.25, -0.2) is 5.43 Å². The number of ether oxygens (including phenoxy) is 2. The fourth-order valence-corrected chi connectivity index (χ4v) is 5.96. The Bertz CT molecular complexity index is 1440. The number of carbonyl (C=O) groups is 4. The van der Waals surface area contributed by atoms with E-state index in [1.165, 1.54) is 17.1 Å². The summed E-state index contributed by atoms with van der Waals surface area (Å²) in [6.07, 6.45) is 5.43. The predicted molar refractivity (Wildman–Crippen MR) is 178 cm³/mol. The van der Waals surface area contributed by atoms with E-state index < -0.39 is 54.0 Å². The van der Waals surface area contributed by atoms with E-state index >= 15 is 0 Å². The van der Waals surface area contributed by atoms with Gasteiger partial charge in [0.2, 0.25) is 11.8 Å². The number of allylic oxidation sites excluding steroid dienone is 1. The average Bonchev–Trinajstić information content (AvgIpc) is 3.05. The number of hydrogen-bond donors (Lipinski definition) is 4. The predicted octanol–water partition coefficient (Wildman–Crippen LogP) is 3.82. The second kappa shape index (κ2) is 16.6. The number of amides is 3. The summed E-state index contributed by atoms with van der Waals surface area (Å²) in [4.78, 5) is 54.5. The lowest BCUT2D eigenvalue weighted by Crippen LogP contribution is -2.62. The SMILES string of the molecule is COC1CCC=Cc2cccc(c2)C(C)OC(=O)C2CCCN(N2)C(=O)C(Cc2cccc(O)c2)NC(=O)C(C(C)C)NC(=O)C1C. The van der Waals surface area contributed by atoms with Crippen LogP contribution >= 0.6 is 0 Å². The first-order chi connectivity index (χ1) is 22.5. The second-order valence-corrected chi connectivity index (χ2v) is 12.8. The number of nitrogens with one attached hydrogen (secondary N) is 3. The van der Waals surface area contributed by atoms with Crippen LogP contribution in [0.4, 0.5) is 0 Å². The van der Waals surface area contributed by atoms with Crippen molar-refractivity contribution in [2.24, 2.45) is 11.8 Å². The number of methoxy groups -OCH3 is 1. The molecule has 2 heterocycles.